The molecule has 4 aromatic carbocycles. The molecule has 5 heteroatoms. The van der Waals surface area contributed by atoms with E-state index in [4.69, 9.17) is 18.9 Å². The number of fused-ring (bicyclic) bond motifs is 8. The number of ether oxygens (including phenoxy) is 4. The number of hydrogen-bond donors (Lipinski definition) is 1. The van der Waals surface area contributed by atoms with E-state index in [-0.39, 0.29) is 27.6 Å². The molecule has 4 aromatic rings. The van der Waals surface area contributed by atoms with Crippen molar-refractivity contribution in [3.63, 3.8) is 0 Å². The summed E-state index contributed by atoms with van der Waals surface area (Å²) in [6.45, 7) is 29.0. The van der Waals surface area contributed by atoms with Crippen LogP contribution in [0, 0.1) is 0 Å². The van der Waals surface area contributed by atoms with Gasteiger partial charge in [0, 0.05) is 42.3 Å². The molecule has 0 amide bonds. The minimum Gasteiger partial charge on any atom is -0.496 e. The van der Waals surface area contributed by atoms with Gasteiger partial charge in [0.1, 0.15) is 23.0 Å². The molecule has 1 fully saturated rings. The fraction of sp³-hybridized carbons (Fsp3) is 0.593. The van der Waals surface area contributed by atoms with Crippen molar-refractivity contribution in [1.82, 2.24) is 5.32 Å². The molecule has 0 spiro atoms. The number of hydrogen-bond acceptors (Lipinski definition) is 5. The lowest BCUT2D eigenvalue weighted by Gasteiger charge is -2.31. The number of unbranched alkanes of at least 4 members (excludes halogenated alkanes) is 2. The summed E-state index contributed by atoms with van der Waals surface area (Å²) in [4.78, 5) is 0. The SMILES string of the molecule is COc1c2cc(C(C)(C)C)cc1Cc1cc(C(C)(C)C)cc(c1OC)C(CCCCCNC1CCCCC1)c1cc(C(C)(C)C)cc(c1OC)Cc1cc(C(C)(C)C)cc(c1OC)C2. The van der Waals surface area contributed by atoms with Crippen molar-refractivity contribution in [2.24, 2.45) is 0 Å². The van der Waals surface area contributed by atoms with Crippen LogP contribution in [0.5, 0.6) is 23.0 Å². The standard InChI is InChI=1S/C59H85NO4/c1-56(2,3)44-30-38-27-39-31-45(57(4,5)6)33-41(53(39)62-14)29-43-35-47(59(10,11)12)37-51(55(43)64-16)49(25-21-18-22-26-60-48-23-19-17-20-24-48)50-36-46(58(7,8)9)34-42(54(50)63-15)28-40(32-44)52(38)61-13/h30-37,48-49,60H,17-29H2,1-16H3. The predicted molar refractivity (Wildman–Crippen MR) is 270 cm³/mol. The quantitative estimate of drug-likeness (QED) is 0.152. The molecule has 0 radical (unpaired) electrons. The molecule has 1 saturated carbocycles. The number of benzene rings is 4. The molecule has 350 valence electrons. The van der Waals surface area contributed by atoms with Gasteiger partial charge in [0.15, 0.2) is 0 Å². The second-order valence-electron chi connectivity index (χ2n) is 23.4. The smallest absolute Gasteiger partial charge is 0.126 e. The molecule has 0 aliphatic heterocycles. The van der Waals surface area contributed by atoms with Gasteiger partial charge >= 0.3 is 0 Å². The molecule has 0 atom stereocenters. The average molecular weight is 872 g/mol. The van der Waals surface area contributed by atoms with E-state index in [1.807, 2.05) is 28.4 Å². The van der Waals surface area contributed by atoms with E-state index in [2.05, 4.69) is 137 Å². The van der Waals surface area contributed by atoms with Gasteiger partial charge in [0.2, 0.25) is 0 Å². The molecular formula is C59H85NO4. The molecule has 2 aliphatic carbocycles. The molecular weight excluding hydrogens is 787 g/mol. The lowest BCUT2D eigenvalue weighted by atomic mass is 9.76. The highest BCUT2D eigenvalue weighted by atomic mass is 16.5. The van der Waals surface area contributed by atoms with Gasteiger partial charge in [-0.15, -0.1) is 0 Å². The summed E-state index contributed by atoms with van der Waals surface area (Å²) in [7, 11) is 7.43. The van der Waals surface area contributed by atoms with E-state index in [0.717, 1.165) is 48.8 Å². The molecule has 6 rings (SSSR count). The minimum absolute atomic E-state index is 0.0305. The zero-order valence-corrected chi connectivity index (χ0v) is 43.1. The van der Waals surface area contributed by atoms with Gasteiger partial charge in [-0.3, -0.25) is 0 Å². The summed E-state index contributed by atoms with van der Waals surface area (Å²) in [6, 6.07) is 20.0. The van der Waals surface area contributed by atoms with Crippen LogP contribution < -0.4 is 24.3 Å². The highest BCUT2D eigenvalue weighted by Gasteiger charge is 2.32. The molecule has 0 aromatic heterocycles. The van der Waals surface area contributed by atoms with Crippen LogP contribution in [0.1, 0.15) is 214 Å². The second-order valence-corrected chi connectivity index (χ2v) is 23.4. The first-order valence-electron chi connectivity index (χ1n) is 24.6. The number of methoxy groups -OCH3 is 4. The predicted octanol–water partition coefficient (Wildman–Crippen LogP) is 14.6. The summed E-state index contributed by atoms with van der Waals surface area (Å²) in [5.74, 6) is 3.85. The molecule has 5 nitrogen and oxygen atoms in total. The van der Waals surface area contributed by atoms with Crippen LogP contribution in [0.15, 0.2) is 48.5 Å². The highest BCUT2D eigenvalue weighted by molar-refractivity contribution is 5.61. The van der Waals surface area contributed by atoms with Gasteiger partial charge in [0.05, 0.1) is 28.4 Å². The van der Waals surface area contributed by atoms with Crippen molar-refractivity contribution in [3.8, 4) is 23.0 Å². The Morgan fingerprint density at radius 2 is 0.750 bits per heavy atom. The van der Waals surface area contributed by atoms with Gasteiger partial charge in [-0.2, -0.15) is 0 Å². The zero-order valence-electron chi connectivity index (χ0n) is 43.1. The van der Waals surface area contributed by atoms with E-state index < -0.39 is 0 Å². The Kier molecular flexibility index (Phi) is 15.4. The van der Waals surface area contributed by atoms with Gasteiger partial charge in [0.25, 0.3) is 0 Å². The fourth-order valence-corrected chi connectivity index (χ4v) is 10.4. The molecule has 64 heavy (non-hydrogen) atoms. The summed E-state index contributed by atoms with van der Waals surface area (Å²) >= 11 is 0. The summed E-state index contributed by atoms with van der Waals surface area (Å²) < 4.78 is 26.5. The van der Waals surface area contributed by atoms with E-state index in [9.17, 15) is 0 Å². The third-order valence-corrected chi connectivity index (χ3v) is 14.3. The van der Waals surface area contributed by atoms with E-state index in [1.165, 1.54) is 105 Å². The van der Waals surface area contributed by atoms with Crippen molar-refractivity contribution in [3.05, 3.63) is 115 Å². The lowest BCUT2D eigenvalue weighted by Crippen LogP contribution is -2.31. The van der Waals surface area contributed by atoms with Gasteiger partial charge in [-0.05, 0) is 110 Å². The normalized spacial score (nSPS) is 15.6. The van der Waals surface area contributed by atoms with Crippen LogP contribution >= 0.6 is 0 Å². The van der Waals surface area contributed by atoms with Crippen molar-refractivity contribution in [2.45, 2.75) is 194 Å². The summed E-state index contributed by atoms with van der Waals surface area (Å²) in [6.07, 6.45) is 13.2. The first kappa shape index (κ1) is 49.5. The Labute approximate surface area is 389 Å². The number of nitrogens with one attached hydrogen (secondary N) is 1. The second kappa shape index (κ2) is 19.9. The Hall–Kier alpha value is -3.96. The van der Waals surface area contributed by atoms with Gasteiger partial charge < -0.3 is 24.3 Å². The van der Waals surface area contributed by atoms with Crippen LogP contribution in [-0.2, 0) is 40.9 Å². The molecule has 0 heterocycles. The zero-order chi connectivity index (χ0) is 46.8. The maximum Gasteiger partial charge on any atom is 0.126 e. The maximum atomic E-state index is 6.72. The van der Waals surface area contributed by atoms with Crippen LogP contribution in [0.4, 0.5) is 0 Å². The Morgan fingerprint density at radius 1 is 0.422 bits per heavy atom. The molecule has 8 bridgehead atoms. The number of rotatable bonds is 11. The highest BCUT2D eigenvalue weighted by Crippen LogP contribution is 2.48. The first-order chi connectivity index (χ1) is 30.1. The lowest BCUT2D eigenvalue weighted by molar-refractivity contribution is 0.369. The van der Waals surface area contributed by atoms with Crippen molar-refractivity contribution < 1.29 is 18.9 Å². The van der Waals surface area contributed by atoms with Crippen LogP contribution in [0.2, 0.25) is 0 Å². The Balaban J connectivity index is 1.67. The minimum atomic E-state index is -0.0962. The largest absolute Gasteiger partial charge is 0.496 e. The van der Waals surface area contributed by atoms with E-state index in [1.54, 1.807) is 0 Å². The van der Waals surface area contributed by atoms with Gasteiger partial charge in [-0.25, -0.2) is 0 Å². The van der Waals surface area contributed by atoms with Crippen LogP contribution in [0.25, 0.3) is 0 Å². The average Bonchev–Trinajstić information content (AvgIpc) is 3.21. The summed E-state index contributed by atoms with van der Waals surface area (Å²) in [5, 5.41) is 3.91. The third kappa shape index (κ3) is 11.3. The molecule has 2 aliphatic rings. The third-order valence-electron chi connectivity index (χ3n) is 14.3. The van der Waals surface area contributed by atoms with Gasteiger partial charge in [-0.1, -0.05) is 164 Å². The molecule has 1 N–H and O–H groups in total. The fourth-order valence-electron chi connectivity index (χ4n) is 10.4. The first-order valence-corrected chi connectivity index (χ1v) is 24.6. The van der Waals surface area contributed by atoms with Crippen LogP contribution in [0.3, 0.4) is 0 Å². The summed E-state index contributed by atoms with van der Waals surface area (Å²) in [5.41, 5.74) is 14.4. The monoisotopic (exact) mass is 872 g/mol. The van der Waals surface area contributed by atoms with E-state index in [0.29, 0.717) is 25.3 Å². The molecule has 0 saturated heterocycles. The Bertz CT molecular complexity index is 2090. The van der Waals surface area contributed by atoms with E-state index >= 15 is 0 Å². The van der Waals surface area contributed by atoms with Crippen LogP contribution in [-0.4, -0.2) is 41.0 Å². The van der Waals surface area contributed by atoms with Crippen molar-refractivity contribution >= 4 is 0 Å². The Morgan fingerprint density at radius 3 is 1.08 bits per heavy atom. The maximum absolute atomic E-state index is 6.72. The van der Waals surface area contributed by atoms with Crippen molar-refractivity contribution in [2.75, 3.05) is 35.0 Å². The molecule has 0 unspecified atom stereocenters. The van der Waals surface area contributed by atoms with Crippen molar-refractivity contribution in [1.29, 1.82) is 0 Å². The topological polar surface area (TPSA) is 49.0 Å².